The molecule has 4 heteroatoms. The zero-order valence-electron chi connectivity index (χ0n) is 11.5. The van der Waals surface area contributed by atoms with E-state index in [0.29, 0.717) is 5.69 Å². The monoisotopic (exact) mass is 257 g/mol. The second kappa shape index (κ2) is 5.80. The Kier molecular flexibility index (Phi) is 4.12. The first kappa shape index (κ1) is 13.5. The summed E-state index contributed by atoms with van der Waals surface area (Å²) in [6.45, 7) is 6.05. The van der Waals surface area contributed by atoms with Gasteiger partial charge >= 0.3 is 0 Å². The Bertz CT molecular complexity index is 568. The maximum atomic E-state index is 9.30. The molecule has 2 aromatic rings. The molecule has 0 aliphatic carbocycles. The standard InChI is InChI=1S/C15H19N3O/c1-11(2)18-15(14(10-19)16-17-18)9-8-13-6-4-12(3)5-7-13/h4-9,11,19H,10H2,1-3H3/b9-8+. The van der Waals surface area contributed by atoms with Crippen molar-refractivity contribution in [2.24, 2.45) is 0 Å². The van der Waals surface area contributed by atoms with Crippen molar-refractivity contribution in [3.8, 4) is 0 Å². The summed E-state index contributed by atoms with van der Waals surface area (Å²) < 4.78 is 1.82. The number of nitrogens with zero attached hydrogens (tertiary/aromatic N) is 3. The minimum absolute atomic E-state index is 0.0969. The zero-order valence-corrected chi connectivity index (χ0v) is 11.5. The molecule has 2 rings (SSSR count). The van der Waals surface area contributed by atoms with Crippen molar-refractivity contribution in [1.82, 2.24) is 15.0 Å². The van der Waals surface area contributed by atoms with E-state index in [1.54, 1.807) is 0 Å². The first-order chi connectivity index (χ1) is 9.11. The summed E-state index contributed by atoms with van der Waals surface area (Å²) in [5.41, 5.74) is 3.82. The van der Waals surface area contributed by atoms with Gasteiger partial charge in [0.2, 0.25) is 0 Å². The molecule has 100 valence electrons. The average Bonchev–Trinajstić information content (AvgIpc) is 2.81. The minimum Gasteiger partial charge on any atom is -0.390 e. The van der Waals surface area contributed by atoms with Crippen molar-refractivity contribution in [3.63, 3.8) is 0 Å². The average molecular weight is 257 g/mol. The Morgan fingerprint density at radius 3 is 2.47 bits per heavy atom. The van der Waals surface area contributed by atoms with Crippen molar-refractivity contribution in [2.45, 2.75) is 33.4 Å². The van der Waals surface area contributed by atoms with Crippen LogP contribution in [-0.4, -0.2) is 20.1 Å². The number of hydrogen-bond donors (Lipinski definition) is 1. The third-order valence-electron chi connectivity index (χ3n) is 2.95. The number of aryl methyl sites for hydroxylation is 1. The fourth-order valence-electron chi connectivity index (χ4n) is 1.85. The van der Waals surface area contributed by atoms with Gasteiger partial charge in [-0.2, -0.15) is 0 Å². The lowest BCUT2D eigenvalue weighted by Crippen LogP contribution is -2.05. The molecule has 4 nitrogen and oxygen atoms in total. The molecular weight excluding hydrogens is 238 g/mol. The van der Waals surface area contributed by atoms with Crippen LogP contribution >= 0.6 is 0 Å². The largest absolute Gasteiger partial charge is 0.390 e. The molecule has 0 bridgehead atoms. The fraction of sp³-hybridized carbons (Fsp3) is 0.333. The summed E-state index contributed by atoms with van der Waals surface area (Å²) in [5.74, 6) is 0. The molecule has 0 atom stereocenters. The number of aliphatic hydroxyl groups is 1. The molecular formula is C15H19N3O. The molecule has 0 radical (unpaired) electrons. The van der Waals surface area contributed by atoms with Crippen LogP contribution in [-0.2, 0) is 6.61 Å². The van der Waals surface area contributed by atoms with Gasteiger partial charge in [0, 0.05) is 6.04 Å². The first-order valence-corrected chi connectivity index (χ1v) is 6.41. The molecule has 19 heavy (non-hydrogen) atoms. The van der Waals surface area contributed by atoms with Gasteiger partial charge in [-0.25, -0.2) is 4.68 Å². The number of aromatic nitrogens is 3. The maximum Gasteiger partial charge on any atom is 0.115 e. The van der Waals surface area contributed by atoms with E-state index in [1.165, 1.54) is 5.56 Å². The summed E-state index contributed by atoms with van der Waals surface area (Å²) in [6, 6.07) is 8.49. The van der Waals surface area contributed by atoms with Gasteiger partial charge in [0.1, 0.15) is 5.69 Å². The van der Waals surface area contributed by atoms with Crippen molar-refractivity contribution >= 4 is 12.2 Å². The fourth-order valence-corrected chi connectivity index (χ4v) is 1.85. The summed E-state index contributed by atoms with van der Waals surface area (Å²) >= 11 is 0. The van der Waals surface area contributed by atoms with Crippen LogP contribution in [0.2, 0.25) is 0 Å². The van der Waals surface area contributed by atoms with Crippen LogP contribution in [0.15, 0.2) is 24.3 Å². The molecule has 0 aliphatic rings. The van der Waals surface area contributed by atoms with E-state index in [9.17, 15) is 5.11 Å². The van der Waals surface area contributed by atoms with Crippen molar-refractivity contribution in [3.05, 3.63) is 46.8 Å². The van der Waals surface area contributed by atoms with E-state index in [1.807, 2.05) is 30.7 Å². The topological polar surface area (TPSA) is 50.9 Å². The molecule has 1 heterocycles. The molecule has 0 spiro atoms. The van der Waals surface area contributed by atoms with Gasteiger partial charge in [0.05, 0.1) is 12.3 Å². The highest BCUT2D eigenvalue weighted by Crippen LogP contribution is 2.15. The Morgan fingerprint density at radius 2 is 1.89 bits per heavy atom. The zero-order chi connectivity index (χ0) is 13.8. The molecule has 1 aromatic heterocycles. The SMILES string of the molecule is Cc1ccc(/C=C/c2c(CO)nnn2C(C)C)cc1. The van der Waals surface area contributed by atoms with Gasteiger partial charge in [0.25, 0.3) is 0 Å². The Morgan fingerprint density at radius 1 is 1.21 bits per heavy atom. The quantitative estimate of drug-likeness (QED) is 0.916. The van der Waals surface area contributed by atoms with Crippen LogP contribution in [0.5, 0.6) is 0 Å². The summed E-state index contributed by atoms with van der Waals surface area (Å²) in [5, 5.41) is 17.4. The lowest BCUT2D eigenvalue weighted by atomic mass is 10.1. The third kappa shape index (κ3) is 3.09. The van der Waals surface area contributed by atoms with E-state index in [0.717, 1.165) is 11.3 Å². The number of hydrogen-bond acceptors (Lipinski definition) is 3. The molecule has 1 N–H and O–H groups in total. The molecule has 0 unspecified atom stereocenters. The molecule has 1 aromatic carbocycles. The van der Waals surface area contributed by atoms with Gasteiger partial charge in [0.15, 0.2) is 0 Å². The van der Waals surface area contributed by atoms with Crippen molar-refractivity contribution < 1.29 is 5.11 Å². The second-order valence-electron chi connectivity index (χ2n) is 4.86. The summed E-state index contributed by atoms with van der Waals surface area (Å²) in [6.07, 6.45) is 3.96. The van der Waals surface area contributed by atoms with Crippen LogP contribution in [0.3, 0.4) is 0 Å². The van der Waals surface area contributed by atoms with Crippen LogP contribution < -0.4 is 0 Å². The van der Waals surface area contributed by atoms with Crippen molar-refractivity contribution in [1.29, 1.82) is 0 Å². The second-order valence-corrected chi connectivity index (χ2v) is 4.86. The van der Waals surface area contributed by atoms with E-state index >= 15 is 0 Å². The first-order valence-electron chi connectivity index (χ1n) is 6.41. The van der Waals surface area contributed by atoms with E-state index in [-0.39, 0.29) is 12.6 Å². The summed E-state index contributed by atoms with van der Waals surface area (Å²) in [7, 11) is 0. The number of aliphatic hydroxyl groups excluding tert-OH is 1. The van der Waals surface area contributed by atoms with Crippen LogP contribution in [0.25, 0.3) is 12.2 Å². The van der Waals surface area contributed by atoms with E-state index in [2.05, 4.69) is 41.5 Å². The highest BCUT2D eigenvalue weighted by molar-refractivity contribution is 5.69. The Labute approximate surface area is 113 Å². The lowest BCUT2D eigenvalue weighted by Gasteiger charge is -2.07. The number of benzene rings is 1. The molecule has 0 saturated heterocycles. The van der Waals surface area contributed by atoms with Gasteiger partial charge < -0.3 is 5.11 Å². The highest BCUT2D eigenvalue weighted by atomic mass is 16.3. The number of rotatable bonds is 4. The van der Waals surface area contributed by atoms with Gasteiger partial charge in [-0.15, -0.1) is 5.10 Å². The maximum absolute atomic E-state index is 9.30. The molecule has 0 amide bonds. The highest BCUT2D eigenvalue weighted by Gasteiger charge is 2.11. The van der Waals surface area contributed by atoms with Gasteiger partial charge in [-0.05, 0) is 32.4 Å². The summed E-state index contributed by atoms with van der Waals surface area (Å²) in [4.78, 5) is 0. The van der Waals surface area contributed by atoms with Crippen LogP contribution in [0.1, 0.15) is 42.4 Å². The molecule has 0 fully saturated rings. The van der Waals surface area contributed by atoms with Gasteiger partial charge in [-0.1, -0.05) is 41.1 Å². The lowest BCUT2D eigenvalue weighted by molar-refractivity contribution is 0.276. The predicted molar refractivity (Wildman–Crippen MR) is 76.4 cm³/mol. The Hall–Kier alpha value is -1.94. The van der Waals surface area contributed by atoms with Crippen LogP contribution in [0.4, 0.5) is 0 Å². The minimum atomic E-state index is -0.0969. The Balaban J connectivity index is 2.31. The normalized spacial score (nSPS) is 11.6. The van der Waals surface area contributed by atoms with Crippen LogP contribution in [0, 0.1) is 6.92 Å². The molecule has 0 saturated carbocycles. The van der Waals surface area contributed by atoms with E-state index < -0.39 is 0 Å². The third-order valence-corrected chi connectivity index (χ3v) is 2.95. The smallest absolute Gasteiger partial charge is 0.115 e. The van der Waals surface area contributed by atoms with E-state index in [4.69, 9.17) is 0 Å². The predicted octanol–water partition coefficient (Wildman–Crippen LogP) is 2.83. The molecule has 0 aliphatic heterocycles. The van der Waals surface area contributed by atoms with Crippen molar-refractivity contribution in [2.75, 3.05) is 0 Å². The van der Waals surface area contributed by atoms with Gasteiger partial charge in [-0.3, -0.25) is 0 Å².